The molecule has 1 unspecified atom stereocenters. The number of nitrogens with zero attached hydrogens (tertiary/aromatic N) is 2. The third-order valence-electron chi connectivity index (χ3n) is 3.43. The number of aryl methyl sites for hydroxylation is 1. The van der Waals surface area contributed by atoms with Crippen LogP contribution in [0.2, 0.25) is 0 Å². The molecule has 0 radical (unpaired) electrons. The van der Waals surface area contributed by atoms with Gasteiger partial charge in [-0.2, -0.15) is 5.10 Å². The smallest absolute Gasteiger partial charge is 0.303 e. The molecule has 1 aliphatic rings. The molecule has 1 aromatic carbocycles. The van der Waals surface area contributed by atoms with Crippen LogP contribution >= 0.6 is 0 Å². The van der Waals surface area contributed by atoms with Gasteiger partial charge in [-0.05, 0) is 36.6 Å². The van der Waals surface area contributed by atoms with Crippen LogP contribution in [0.15, 0.2) is 35.5 Å². The van der Waals surface area contributed by atoms with Crippen LogP contribution in [0, 0.1) is 12.7 Å². The lowest BCUT2D eigenvalue weighted by molar-refractivity contribution is -0.137. The number of carbonyl (C=O) groups is 2. The van der Waals surface area contributed by atoms with Gasteiger partial charge in [0.25, 0.3) is 5.91 Å². The molecule has 22 heavy (non-hydrogen) atoms. The molecule has 0 saturated heterocycles. The molecule has 1 heterocycles. The van der Waals surface area contributed by atoms with Crippen LogP contribution in [0.3, 0.4) is 0 Å². The zero-order valence-electron chi connectivity index (χ0n) is 12.3. The number of carboxylic acids is 1. The summed E-state index contributed by atoms with van der Waals surface area (Å²) in [6, 6.07) is 4.22. The van der Waals surface area contributed by atoms with Gasteiger partial charge in [0.2, 0.25) is 0 Å². The Bertz CT molecular complexity index is 635. The number of rotatable bonds is 5. The summed E-state index contributed by atoms with van der Waals surface area (Å²) in [4.78, 5) is 22.9. The first-order valence-corrected chi connectivity index (χ1v) is 6.91. The van der Waals surface area contributed by atoms with E-state index in [-0.39, 0.29) is 30.3 Å². The highest BCUT2D eigenvalue weighted by Gasteiger charge is 2.29. The van der Waals surface area contributed by atoms with E-state index in [1.807, 2.05) is 6.07 Å². The van der Waals surface area contributed by atoms with Gasteiger partial charge >= 0.3 is 5.97 Å². The molecule has 1 amide bonds. The van der Waals surface area contributed by atoms with Crippen LogP contribution in [0.1, 0.15) is 36.4 Å². The highest BCUT2D eigenvalue weighted by molar-refractivity contribution is 5.94. The molecule has 116 valence electrons. The molecular formula is C16H17FN2O3. The summed E-state index contributed by atoms with van der Waals surface area (Å²) in [5, 5.41) is 13.9. The van der Waals surface area contributed by atoms with Gasteiger partial charge in [0, 0.05) is 24.6 Å². The molecule has 0 aromatic heterocycles. The van der Waals surface area contributed by atoms with E-state index < -0.39 is 11.9 Å². The predicted octanol–water partition coefficient (Wildman–Crippen LogP) is 2.81. The minimum Gasteiger partial charge on any atom is -0.481 e. The fourth-order valence-corrected chi connectivity index (χ4v) is 2.37. The van der Waals surface area contributed by atoms with Gasteiger partial charge < -0.3 is 5.11 Å². The van der Waals surface area contributed by atoms with E-state index in [0.29, 0.717) is 12.0 Å². The second-order valence-electron chi connectivity index (χ2n) is 5.26. The van der Waals surface area contributed by atoms with E-state index in [2.05, 4.69) is 11.7 Å². The monoisotopic (exact) mass is 304 g/mol. The molecule has 1 N–H and O–H groups in total. The lowest BCUT2D eigenvalue weighted by atomic mass is 10.0. The van der Waals surface area contributed by atoms with E-state index in [4.69, 9.17) is 5.11 Å². The molecule has 0 aliphatic carbocycles. The fraction of sp³-hybridized carbons (Fsp3) is 0.312. The molecule has 0 bridgehead atoms. The van der Waals surface area contributed by atoms with Crippen molar-refractivity contribution < 1.29 is 19.1 Å². The quantitative estimate of drug-likeness (QED) is 0.850. The molecule has 1 aromatic rings. The first-order chi connectivity index (χ1) is 10.4. The molecule has 2 rings (SSSR count). The van der Waals surface area contributed by atoms with Crippen LogP contribution < -0.4 is 0 Å². The SMILES string of the molecule is C=C(CCC(=O)O)C(=O)N1N=CCC1c1cc(C)cc(F)c1. The van der Waals surface area contributed by atoms with Crippen molar-refractivity contribution in [1.29, 1.82) is 0 Å². The van der Waals surface area contributed by atoms with E-state index >= 15 is 0 Å². The van der Waals surface area contributed by atoms with Crippen molar-refractivity contribution >= 4 is 18.1 Å². The number of hydrogen-bond donors (Lipinski definition) is 1. The number of hydrazone groups is 1. The number of amides is 1. The normalized spacial score (nSPS) is 16.8. The summed E-state index contributed by atoms with van der Waals surface area (Å²) in [5.74, 6) is -1.78. The average Bonchev–Trinajstić information content (AvgIpc) is 2.92. The molecule has 5 nitrogen and oxygen atoms in total. The van der Waals surface area contributed by atoms with Crippen LogP contribution in [0.4, 0.5) is 4.39 Å². The van der Waals surface area contributed by atoms with Crippen molar-refractivity contribution in [1.82, 2.24) is 5.01 Å². The molecule has 1 aliphatic heterocycles. The summed E-state index contributed by atoms with van der Waals surface area (Å²) >= 11 is 0. The number of halogens is 1. The van der Waals surface area contributed by atoms with E-state index in [1.54, 1.807) is 13.1 Å². The van der Waals surface area contributed by atoms with Gasteiger partial charge in [0.15, 0.2) is 0 Å². The molecule has 0 spiro atoms. The maximum absolute atomic E-state index is 13.6. The molecule has 6 heteroatoms. The topological polar surface area (TPSA) is 70.0 Å². The predicted molar refractivity (Wildman–Crippen MR) is 79.8 cm³/mol. The molecule has 1 atom stereocenters. The second kappa shape index (κ2) is 6.51. The van der Waals surface area contributed by atoms with Crippen molar-refractivity contribution in [3.8, 4) is 0 Å². The van der Waals surface area contributed by atoms with Crippen LogP contribution in [0.5, 0.6) is 0 Å². The first-order valence-electron chi connectivity index (χ1n) is 6.91. The van der Waals surface area contributed by atoms with Crippen molar-refractivity contribution in [2.45, 2.75) is 32.2 Å². The third-order valence-corrected chi connectivity index (χ3v) is 3.43. The van der Waals surface area contributed by atoms with E-state index in [9.17, 15) is 14.0 Å². The Hall–Kier alpha value is -2.50. The Morgan fingerprint density at radius 2 is 2.14 bits per heavy atom. The number of hydrogen-bond acceptors (Lipinski definition) is 3. The molecular weight excluding hydrogens is 287 g/mol. The maximum Gasteiger partial charge on any atom is 0.303 e. The minimum absolute atomic E-state index is 0.0646. The minimum atomic E-state index is -0.990. The van der Waals surface area contributed by atoms with E-state index in [0.717, 1.165) is 5.56 Å². The van der Waals surface area contributed by atoms with Crippen molar-refractivity contribution in [2.75, 3.05) is 0 Å². The highest BCUT2D eigenvalue weighted by Crippen LogP contribution is 2.30. The Labute approximate surface area is 127 Å². The summed E-state index contributed by atoms with van der Waals surface area (Å²) in [5.41, 5.74) is 1.60. The maximum atomic E-state index is 13.6. The van der Waals surface area contributed by atoms with Gasteiger partial charge in [-0.25, -0.2) is 9.40 Å². The van der Waals surface area contributed by atoms with Gasteiger partial charge in [0.1, 0.15) is 5.82 Å². The number of carbonyl (C=O) groups excluding carboxylic acids is 1. The van der Waals surface area contributed by atoms with Gasteiger partial charge in [-0.1, -0.05) is 12.6 Å². The number of benzene rings is 1. The van der Waals surface area contributed by atoms with Crippen molar-refractivity contribution in [3.05, 3.63) is 47.3 Å². The fourth-order valence-electron chi connectivity index (χ4n) is 2.37. The Morgan fingerprint density at radius 1 is 1.41 bits per heavy atom. The zero-order valence-corrected chi connectivity index (χ0v) is 12.3. The van der Waals surface area contributed by atoms with Crippen molar-refractivity contribution in [2.24, 2.45) is 5.10 Å². The van der Waals surface area contributed by atoms with Crippen LogP contribution in [0.25, 0.3) is 0 Å². The number of aliphatic carboxylic acids is 1. The largest absolute Gasteiger partial charge is 0.481 e. The lowest BCUT2D eigenvalue weighted by Gasteiger charge is -2.23. The Balaban J connectivity index is 2.15. The zero-order chi connectivity index (χ0) is 16.3. The van der Waals surface area contributed by atoms with Crippen molar-refractivity contribution in [3.63, 3.8) is 0 Å². The Kier molecular flexibility index (Phi) is 4.70. The lowest BCUT2D eigenvalue weighted by Crippen LogP contribution is -2.28. The van der Waals surface area contributed by atoms with Crippen LogP contribution in [-0.4, -0.2) is 28.2 Å². The van der Waals surface area contributed by atoms with E-state index in [1.165, 1.54) is 17.1 Å². The Morgan fingerprint density at radius 3 is 2.77 bits per heavy atom. The summed E-state index contributed by atoms with van der Waals surface area (Å²) in [6.07, 6.45) is 1.98. The molecule has 0 fully saturated rings. The second-order valence-corrected chi connectivity index (χ2v) is 5.26. The standard InChI is InChI=1S/C16H17FN2O3/c1-10-7-12(9-13(17)8-10)14-5-6-18-19(14)16(22)11(2)3-4-15(20)21/h6-9,14H,2-5H2,1H3,(H,20,21). The first kappa shape index (κ1) is 15.9. The average molecular weight is 304 g/mol. The summed E-state index contributed by atoms with van der Waals surface area (Å²) in [6.45, 7) is 5.41. The van der Waals surface area contributed by atoms with Gasteiger partial charge in [-0.15, -0.1) is 0 Å². The third kappa shape index (κ3) is 3.58. The van der Waals surface area contributed by atoms with Gasteiger partial charge in [0.05, 0.1) is 6.04 Å². The summed E-state index contributed by atoms with van der Waals surface area (Å²) in [7, 11) is 0. The highest BCUT2D eigenvalue weighted by atomic mass is 19.1. The van der Waals surface area contributed by atoms with Gasteiger partial charge in [-0.3, -0.25) is 9.59 Å². The number of carboxylic acid groups (broad SMARTS) is 1. The molecule has 0 saturated carbocycles. The summed E-state index contributed by atoms with van der Waals surface area (Å²) < 4.78 is 13.6. The van der Waals surface area contributed by atoms with Crippen LogP contribution in [-0.2, 0) is 9.59 Å².